The van der Waals surface area contributed by atoms with Crippen molar-refractivity contribution >= 4 is 27.3 Å². The minimum Gasteiger partial charge on any atom is -0.370 e. The molecule has 2 aromatic carbocycles. The van der Waals surface area contributed by atoms with E-state index in [0.29, 0.717) is 4.47 Å². The van der Waals surface area contributed by atoms with Gasteiger partial charge >= 0.3 is 0 Å². The Balaban J connectivity index is 2.36. The molecule has 2 rings (SSSR count). The van der Waals surface area contributed by atoms with Gasteiger partial charge < -0.3 is 5.32 Å². The third-order valence-electron chi connectivity index (χ3n) is 2.98. The van der Waals surface area contributed by atoms with Crippen LogP contribution in [0.25, 0.3) is 0 Å². The molecule has 7 heteroatoms. The fourth-order valence-corrected chi connectivity index (χ4v) is 2.29. The third kappa shape index (κ3) is 3.36. The molecule has 0 heterocycles. The maximum absolute atomic E-state index is 13.9. The van der Waals surface area contributed by atoms with E-state index < -0.39 is 22.6 Å². The first-order valence-electron chi connectivity index (χ1n) is 6.04. The van der Waals surface area contributed by atoms with Gasteiger partial charge in [-0.05, 0) is 25.1 Å². The summed E-state index contributed by atoms with van der Waals surface area (Å²) < 4.78 is 28.2. The van der Waals surface area contributed by atoms with Crippen LogP contribution in [0.5, 0.6) is 0 Å². The SMILES string of the molecule is CC(Nc1c(F)cccc1[N+](=O)[O-])c1ccc(Br)cc1F. The van der Waals surface area contributed by atoms with E-state index in [4.69, 9.17) is 0 Å². The molecule has 0 fully saturated rings. The molecule has 4 nitrogen and oxygen atoms in total. The van der Waals surface area contributed by atoms with Crippen molar-refractivity contribution in [1.82, 2.24) is 0 Å². The maximum atomic E-state index is 13.9. The second-order valence-corrected chi connectivity index (χ2v) is 5.34. The van der Waals surface area contributed by atoms with Gasteiger partial charge in [0.1, 0.15) is 11.5 Å². The summed E-state index contributed by atoms with van der Waals surface area (Å²) in [7, 11) is 0. The zero-order valence-electron chi connectivity index (χ0n) is 10.9. The lowest BCUT2D eigenvalue weighted by molar-refractivity contribution is -0.384. The third-order valence-corrected chi connectivity index (χ3v) is 3.47. The van der Waals surface area contributed by atoms with Crippen molar-refractivity contribution in [3.8, 4) is 0 Å². The Bertz CT molecular complexity index is 695. The molecule has 0 radical (unpaired) electrons. The number of nitrogens with one attached hydrogen (secondary N) is 1. The number of hydrogen-bond acceptors (Lipinski definition) is 3. The van der Waals surface area contributed by atoms with Crippen molar-refractivity contribution < 1.29 is 13.7 Å². The Hall–Kier alpha value is -2.02. The van der Waals surface area contributed by atoms with Gasteiger partial charge in [-0.2, -0.15) is 0 Å². The Morgan fingerprint density at radius 1 is 1.24 bits per heavy atom. The van der Waals surface area contributed by atoms with Crippen LogP contribution < -0.4 is 5.32 Å². The second-order valence-electron chi connectivity index (χ2n) is 4.42. The second kappa shape index (κ2) is 6.17. The fraction of sp³-hybridized carbons (Fsp3) is 0.143. The van der Waals surface area contributed by atoms with Crippen molar-refractivity contribution in [2.75, 3.05) is 5.32 Å². The van der Waals surface area contributed by atoms with Crippen LogP contribution in [0.15, 0.2) is 40.9 Å². The highest BCUT2D eigenvalue weighted by Gasteiger charge is 2.21. The largest absolute Gasteiger partial charge is 0.370 e. The summed E-state index contributed by atoms with van der Waals surface area (Å²) in [5, 5.41) is 13.6. The van der Waals surface area contributed by atoms with Gasteiger partial charge in [0.25, 0.3) is 5.69 Å². The first kappa shape index (κ1) is 15.4. The van der Waals surface area contributed by atoms with Gasteiger partial charge in [0.2, 0.25) is 0 Å². The zero-order valence-corrected chi connectivity index (χ0v) is 12.5. The van der Waals surface area contributed by atoms with Crippen molar-refractivity contribution in [2.24, 2.45) is 0 Å². The van der Waals surface area contributed by atoms with Crippen molar-refractivity contribution in [3.05, 3.63) is 68.2 Å². The van der Waals surface area contributed by atoms with Gasteiger partial charge in [-0.15, -0.1) is 0 Å². The number of para-hydroxylation sites is 1. The maximum Gasteiger partial charge on any atom is 0.295 e. The predicted molar refractivity (Wildman–Crippen MR) is 79.2 cm³/mol. The molecule has 0 aliphatic heterocycles. The number of nitro groups is 1. The van der Waals surface area contributed by atoms with Crippen molar-refractivity contribution in [2.45, 2.75) is 13.0 Å². The van der Waals surface area contributed by atoms with Gasteiger partial charge in [-0.1, -0.05) is 28.1 Å². The average molecular weight is 357 g/mol. The molecule has 0 saturated heterocycles. The van der Waals surface area contributed by atoms with E-state index in [1.165, 1.54) is 24.3 Å². The van der Waals surface area contributed by atoms with E-state index in [1.807, 2.05) is 0 Å². The molecule has 0 aromatic heterocycles. The Kier molecular flexibility index (Phi) is 4.52. The van der Waals surface area contributed by atoms with Crippen LogP contribution in [0.3, 0.4) is 0 Å². The minimum atomic E-state index is -0.756. The molecule has 0 aliphatic rings. The molecule has 1 unspecified atom stereocenters. The normalized spacial score (nSPS) is 12.0. The first-order chi connectivity index (χ1) is 9.90. The van der Waals surface area contributed by atoms with E-state index in [1.54, 1.807) is 13.0 Å². The van der Waals surface area contributed by atoms with Gasteiger partial charge in [-0.25, -0.2) is 8.78 Å². The molecule has 0 saturated carbocycles. The molecule has 0 aliphatic carbocycles. The zero-order chi connectivity index (χ0) is 15.6. The number of hydrogen-bond donors (Lipinski definition) is 1. The number of anilines is 1. The van der Waals surface area contributed by atoms with E-state index in [0.717, 1.165) is 6.07 Å². The highest BCUT2D eigenvalue weighted by Crippen LogP contribution is 2.31. The van der Waals surface area contributed by atoms with Crippen molar-refractivity contribution in [3.63, 3.8) is 0 Å². The van der Waals surface area contributed by atoms with Crippen LogP contribution >= 0.6 is 15.9 Å². The van der Waals surface area contributed by atoms with Crippen LogP contribution in [0.4, 0.5) is 20.2 Å². The molecule has 1 N–H and O–H groups in total. The van der Waals surface area contributed by atoms with Crippen LogP contribution in [-0.2, 0) is 0 Å². The first-order valence-corrected chi connectivity index (χ1v) is 6.84. The Labute approximate surface area is 128 Å². The van der Waals surface area contributed by atoms with Crippen LogP contribution in [-0.4, -0.2) is 4.92 Å². The quantitative estimate of drug-likeness (QED) is 0.631. The van der Waals surface area contributed by atoms with E-state index in [2.05, 4.69) is 21.2 Å². The number of halogens is 3. The smallest absolute Gasteiger partial charge is 0.295 e. The van der Waals surface area contributed by atoms with Gasteiger partial charge in [0.05, 0.1) is 11.0 Å². The van der Waals surface area contributed by atoms with Crippen LogP contribution in [0.1, 0.15) is 18.5 Å². The summed E-state index contributed by atoms with van der Waals surface area (Å²) in [5.74, 6) is -1.24. The summed E-state index contributed by atoms with van der Waals surface area (Å²) in [6.45, 7) is 1.60. The lowest BCUT2D eigenvalue weighted by atomic mass is 10.1. The molecule has 21 heavy (non-hydrogen) atoms. The number of benzene rings is 2. The molecular formula is C14H11BrF2N2O2. The minimum absolute atomic E-state index is 0.252. The summed E-state index contributed by atoms with van der Waals surface area (Å²) >= 11 is 3.14. The summed E-state index contributed by atoms with van der Waals surface area (Å²) in [5.41, 5.74) is -0.354. The Morgan fingerprint density at radius 2 is 1.95 bits per heavy atom. The Morgan fingerprint density at radius 3 is 2.57 bits per heavy atom. The average Bonchev–Trinajstić information content (AvgIpc) is 2.40. The van der Waals surface area contributed by atoms with Gasteiger partial charge in [-0.3, -0.25) is 10.1 Å². The standard InChI is InChI=1S/C14H11BrF2N2O2/c1-8(10-6-5-9(15)7-12(10)17)18-14-11(16)3-2-4-13(14)19(20)21/h2-8,18H,1H3. The molecule has 0 bridgehead atoms. The highest BCUT2D eigenvalue weighted by atomic mass is 79.9. The summed E-state index contributed by atoms with van der Waals surface area (Å²) in [4.78, 5) is 10.2. The van der Waals surface area contributed by atoms with Crippen LogP contribution in [0.2, 0.25) is 0 Å². The lowest BCUT2D eigenvalue weighted by Gasteiger charge is -2.17. The summed E-state index contributed by atoms with van der Waals surface area (Å²) in [6.07, 6.45) is 0. The van der Waals surface area contributed by atoms with E-state index in [-0.39, 0.29) is 16.9 Å². The van der Waals surface area contributed by atoms with Gasteiger partial charge in [0, 0.05) is 16.1 Å². The van der Waals surface area contributed by atoms with E-state index in [9.17, 15) is 18.9 Å². The number of rotatable bonds is 4. The lowest BCUT2D eigenvalue weighted by Crippen LogP contribution is -2.11. The highest BCUT2D eigenvalue weighted by molar-refractivity contribution is 9.10. The van der Waals surface area contributed by atoms with E-state index >= 15 is 0 Å². The fourth-order valence-electron chi connectivity index (χ4n) is 1.95. The molecule has 2 aromatic rings. The monoisotopic (exact) mass is 356 g/mol. The molecule has 1 atom stereocenters. The molecular weight excluding hydrogens is 346 g/mol. The molecule has 110 valence electrons. The predicted octanol–water partition coefficient (Wildman–Crippen LogP) is 4.81. The summed E-state index contributed by atoms with van der Waals surface area (Å²) in [6, 6.07) is 7.38. The van der Waals surface area contributed by atoms with Crippen LogP contribution in [0, 0.1) is 21.7 Å². The van der Waals surface area contributed by atoms with Crippen molar-refractivity contribution in [1.29, 1.82) is 0 Å². The van der Waals surface area contributed by atoms with Gasteiger partial charge in [0.15, 0.2) is 5.82 Å². The topological polar surface area (TPSA) is 55.2 Å². The molecule has 0 amide bonds. The molecule has 0 spiro atoms. The number of nitro benzene ring substituents is 1. The number of nitrogens with zero attached hydrogens (tertiary/aromatic N) is 1.